The van der Waals surface area contributed by atoms with E-state index in [9.17, 15) is 43.2 Å². The molecule has 9 amide bonds. The molecule has 0 radical (unpaired) electrons. The highest BCUT2D eigenvalue weighted by Gasteiger charge is 2.32. The number of piperidine rings is 3. The number of likely N-dealkylation sites (tertiary alicyclic amines) is 2. The van der Waals surface area contributed by atoms with Crippen molar-refractivity contribution in [2.24, 2.45) is 41.4 Å². The molecule has 2 atom stereocenters. The summed E-state index contributed by atoms with van der Waals surface area (Å²) >= 11 is 5.77. The van der Waals surface area contributed by atoms with Gasteiger partial charge >= 0.3 is 6.09 Å². The number of hydrogen-bond donors (Lipinski definition) is 10. The summed E-state index contributed by atoms with van der Waals surface area (Å²) in [5.41, 5.74) is 3.29. The Labute approximate surface area is 701 Å². The van der Waals surface area contributed by atoms with E-state index in [4.69, 9.17) is 16.3 Å². The molecule has 3 saturated heterocycles. The van der Waals surface area contributed by atoms with Crippen LogP contribution in [0.3, 0.4) is 0 Å². The van der Waals surface area contributed by atoms with E-state index in [2.05, 4.69) is 92.5 Å². The molecule has 654 valence electrons. The van der Waals surface area contributed by atoms with Crippen LogP contribution in [-0.2, 0) is 44.7 Å². The van der Waals surface area contributed by atoms with Crippen molar-refractivity contribution in [3.05, 3.63) is 113 Å². The van der Waals surface area contributed by atoms with E-state index in [1.54, 1.807) is 17.0 Å². The van der Waals surface area contributed by atoms with Crippen LogP contribution in [0.2, 0.25) is 5.02 Å². The Morgan fingerprint density at radius 2 is 0.835 bits per heavy atom. The number of halogens is 1. The lowest BCUT2D eigenvalue weighted by Crippen LogP contribution is -2.48. The Bertz CT molecular complexity index is 3150. The minimum Gasteiger partial charge on any atom is -0.444 e. The molecule has 0 aromatic heterocycles. The second-order valence-electron chi connectivity index (χ2n) is 35.1. The molecule has 8 rings (SSSR count). The van der Waals surface area contributed by atoms with E-state index < -0.39 is 5.60 Å². The van der Waals surface area contributed by atoms with Crippen molar-refractivity contribution in [2.75, 3.05) is 46.3 Å². The Morgan fingerprint density at radius 1 is 0.443 bits per heavy atom. The summed E-state index contributed by atoms with van der Waals surface area (Å²) in [6.45, 7) is 56.5. The molecule has 5 aliphatic rings. The highest BCUT2D eigenvalue weighted by molar-refractivity contribution is 6.30. The van der Waals surface area contributed by atoms with Crippen LogP contribution < -0.4 is 53.2 Å². The van der Waals surface area contributed by atoms with E-state index in [0.717, 1.165) is 118 Å². The highest BCUT2D eigenvalue weighted by atomic mass is 35.5. The third kappa shape index (κ3) is 55.6. The summed E-state index contributed by atoms with van der Waals surface area (Å²) in [4.78, 5) is 107. The van der Waals surface area contributed by atoms with Crippen molar-refractivity contribution in [2.45, 2.75) is 322 Å². The van der Waals surface area contributed by atoms with Crippen molar-refractivity contribution in [3.63, 3.8) is 0 Å². The molecule has 22 nitrogen and oxygen atoms in total. The van der Waals surface area contributed by atoms with Crippen molar-refractivity contribution >= 4 is 70.6 Å². The second-order valence-corrected chi connectivity index (χ2v) is 35.6. The van der Waals surface area contributed by atoms with Gasteiger partial charge in [-0.15, -0.1) is 0 Å². The quantitative estimate of drug-likeness (QED) is 0.0504. The zero-order valence-corrected chi connectivity index (χ0v) is 76.5. The number of rotatable bonds is 20. The monoisotopic (exact) mass is 1630 g/mol. The fourth-order valence-electron chi connectivity index (χ4n) is 12.4. The zero-order chi connectivity index (χ0) is 87.5. The normalized spacial score (nSPS) is 17.4. The van der Waals surface area contributed by atoms with Gasteiger partial charge in [-0.3, -0.25) is 38.4 Å². The molecular formula is C92H159ClN12O10. The van der Waals surface area contributed by atoms with Crippen molar-refractivity contribution in [1.29, 1.82) is 0 Å². The topological polar surface area (TPSA) is 290 Å². The Morgan fingerprint density at radius 3 is 1.23 bits per heavy atom. The number of nitrogens with zero attached hydrogens (tertiary/aromatic N) is 2. The van der Waals surface area contributed by atoms with Crippen LogP contribution in [0.5, 0.6) is 0 Å². The fraction of sp³-hybridized carbons (Fsp3) is 0.685. The maximum absolute atomic E-state index is 12.0. The van der Waals surface area contributed by atoms with Gasteiger partial charge in [0.05, 0.1) is 18.3 Å². The summed E-state index contributed by atoms with van der Waals surface area (Å²) in [5.74, 6) is 3.06. The SMILES string of the molecule is C=C(NC(C)C)c1ccc(Cl)cc1.CC(C)NC(=O)C(C)C.CC(C)NC(=O)C1CCCC1.CC(C)NC(=O)C1CCCN(C(=O)OC(C)(C)C)C1.CC(C)NC(=O)C1CCCNC1.CC(C)NC(=O)C1CCN(C)CC1.CC(C)NC(=O)Cc1ccccc1.CC(C)NC(=O)c1ccccc1.CC1CCC(C(=O)NC(C)C)CC1. The van der Waals surface area contributed by atoms with Gasteiger partial charge in [0.1, 0.15) is 5.60 Å². The fourth-order valence-corrected chi connectivity index (χ4v) is 12.5. The highest BCUT2D eigenvalue weighted by Crippen LogP contribution is 2.29. The van der Waals surface area contributed by atoms with Gasteiger partial charge in [-0.2, -0.15) is 0 Å². The first kappa shape index (κ1) is 107. The predicted molar refractivity (Wildman–Crippen MR) is 475 cm³/mol. The van der Waals surface area contributed by atoms with Gasteiger partial charge in [0.25, 0.3) is 5.91 Å². The molecule has 2 unspecified atom stereocenters. The number of amides is 9. The van der Waals surface area contributed by atoms with Crippen molar-refractivity contribution in [1.82, 2.24) is 63.0 Å². The standard InChI is InChI=1S/C14H26N2O3.C11H14ClN.C11H21NO.C11H15NO.C10H20N2O.C10H13NO.C9H18N2O.C9H17NO.C7H15NO/c1-10(2)15-12(17)11-7-6-8-16(9-11)13(18)19-14(3,4)5;1-8(2)13-9(3)10-4-6-11(12)7-5-10;1-8(2)12-11(13)10-6-4-9(3)5-7-10;1-9(2)12-11(13)8-10-6-4-3-5-7-10;1-8(2)11-10(13)9-4-6-12(3)7-5-9;1-8(2)11-10(12)9-6-4-3-5-7-9;1-7(2)11-9(12)8-4-3-5-10-6-8;1-7(2)10-9(11)8-5-3-4-6-8;1-5(2)7(9)8-6(3)4/h10-11H,6-9H2,1-5H3,(H,15,17);4-8,13H,3H2,1-2H3;8-10H,4-7H2,1-3H3,(H,12,13);3-7,9H,8H2,1-2H3,(H,12,13);8-9H,4-7H2,1-3H3,(H,11,13);3-8H,1-2H3,(H,11,12);7-8,10H,3-6H2,1-2H3,(H,11,12);7-8H,3-6H2,1-2H3,(H,10,11);5-6H,1-4H3,(H,8,9). The van der Waals surface area contributed by atoms with E-state index in [-0.39, 0.29) is 119 Å². The summed E-state index contributed by atoms with van der Waals surface area (Å²) in [5, 5.41) is 30.4. The Kier molecular flexibility index (Phi) is 56.1. The molecule has 10 N–H and O–H groups in total. The van der Waals surface area contributed by atoms with Gasteiger partial charge < -0.3 is 67.7 Å². The molecule has 3 aliphatic heterocycles. The van der Waals surface area contributed by atoms with Crippen LogP contribution in [0.15, 0.2) is 91.5 Å². The minimum atomic E-state index is -0.496. The number of ether oxygens (including phenoxy) is 1. The molecule has 2 aliphatic carbocycles. The average molecular weight is 1630 g/mol. The van der Waals surface area contributed by atoms with Gasteiger partial charge in [0, 0.05) is 114 Å². The molecule has 0 spiro atoms. The second kappa shape index (κ2) is 60.0. The lowest BCUT2D eigenvalue weighted by molar-refractivity contribution is -0.127. The van der Waals surface area contributed by atoms with Gasteiger partial charge in [-0.05, 0) is 290 Å². The molecular weight excluding hydrogens is 1470 g/mol. The van der Waals surface area contributed by atoms with Gasteiger partial charge in [0.15, 0.2) is 0 Å². The first-order valence-electron chi connectivity index (χ1n) is 42.9. The Hall–Kier alpha value is -7.56. The number of benzene rings is 3. The van der Waals surface area contributed by atoms with Crippen LogP contribution >= 0.6 is 11.6 Å². The molecule has 23 heteroatoms. The zero-order valence-electron chi connectivity index (χ0n) is 75.7. The molecule has 0 bridgehead atoms. The van der Waals surface area contributed by atoms with Crippen molar-refractivity contribution in [3.8, 4) is 0 Å². The summed E-state index contributed by atoms with van der Waals surface area (Å²) in [6.07, 6.45) is 15.3. The number of nitrogens with one attached hydrogen (secondary N) is 10. The van der Waals surface area contributed by atoms with Gasteiger partial charge in [0.2, 0.25) is 41.4 Å². The molecule has 5 fully saturated rings. The van der Waals surface area contributed by atoms with Gasteiger partial charge in [-0.25, -0.2) is 4.79 Å². The minimum absolute atomic E-state index is 0.00870. The van der Waals surface area contributed by atoms with E-state index in [1.165, 1.54) is 25.7 Å². The van der Waals surface area contributed by atoms with E-state index in [1.807, 2.05) is 218 Å². The summed E-state index contributed by atoms with van der Waals surface area (Å²) in [7, 11) is 2.11. The molecule has 2 saturated carbocycles. The number of carbonyl (C=O) groups is 9. The molecule has 115 heavy (non-hydrogen) atoms. The van der Waals surface area contributed by atoms with Gasteiger partial charge in [-0.1, -0.05) is 112 Å². The van der Waals surface area contributed by atoms with Crippen LogP contribution in [0.4, 0.5) is 4.79 Å². The number of carbonyl (C=O) groups excluding carboxylic acids is 9. The van der Waals surface area contributed by atoms with E-state index in [0.29, 0.717) is 49.0 Å². The third-order valence-corrected chi connectivity index (χ3v) is 18.4. The van der Waals surface area contributed by atoms with E-state index >= 15 is 0 Å². The maximum Gasteiger partial charge on any atom is 0.410 e. The van der Waals surface area contributed by atoms with Crippen LogP contribution in [0.1, 0.15) is 278 Å². The third-order valence-electron chi connectivity index (χ3n) is 18.2. The maximum atomic E-state index is 12.0. The molecule has 3 aromatic carbocycles. The first-order valence-corrected chi connectivity index (χ1v) is 43.3. The number of hydrogen-bond acceptors (Lipinski definition) is 13. The molecule has 3 aromatic rings. The lowest BCUT2D eigenvalue weighted by Gasteiger charge is -2.33. The van der Waals surface area contributed by atoms with Crippen LogP contribution in [-0.4, -0.2) is 169 Å². The average Bonchev–Trinajstić information content (AvgIpc) is 1.43. The largest absolute Gasteiger partial charge is 0.444 e. The Balaban J connectivity index is 0.00000128. The predicted octanol–water partition coefficient (Wildman–Crippen LogP) is 15.6. The van der Waals surface area contributed by atoms with Crippen LogP contribution in [0, 0.1) is 41.4 Å². The summed E-state index contributed by atoms with van der Waals surface area (Å²) in [6, 6.07) is 28.9. The molecule has 3 heterocycles. The van der Waals surface area contributed by atoms with Crippen LogP contribution in [0.25, 0.3) is 5.70 Å². The lowest BCUT2D eigenvalue weighted by atomic mass is 9.82. The summed E-state index contributed by atoms with van der Waals surface area (Å²) < 4.78 is 5.34. The first-order chi connectivity index (χ1) is 53.8. The smallest absolute Gasteiger partial charge is 0.410 e. The van der Waals surface area contributed by atoms with Crippen molar-refractivity contribution < 1.29 is 47.9 Å².